The molecule has 0 aromatic rings. The van der Waals surface area contributed by atoms with Gasteiger partial charge in [0.25, 0.3) is 0 Å². The zero-order valence-corrected chi connectivity index (χ0v) is 12.5. The van der Waals surface area contributed by atoms with Crippen LogP contribution in [0.2, 0.25) is 0 Å². The summed E-state index contributed by atoms with van der Waals surface area (Å²) in [5.41, 5.74) is 0. The maximum Gasteiger partial charge on any atom is 0.248 e. The highest BCUT2D eigenvalue weighted by atomic mass is 19.3. The summed E-state index contributed by atoms with van der Waals surface area (Å²) in [5.74, 6) is -2.51. The number of likely N-dealkylation sites (tertiary alicyclic amines) is 1. The molecule has 0 spiro atoms. The van der Waals surface area contributed by atoms with Crippen molar-refractivity contribution in [2.45, 2.75) is 63.4 Å². The lowest BCUT2D eigenvalue weighted by Crippen LogP contribution is -2.47. The number of rotatable bonds is 4. The van der Waals surface area contributed by atoms with Gasteiger partial charge in [0.2, 0.25) is 11.8 Å². The number of ether oxygens (including phenoxy) is 1. The van der Waals surface area contributed by atoms with Gasteiger partial charge < -0.3 is 9.64 Å². The number of carbonyl (C=O) groups excluding carboxylic acids is 1. The summed E-state index contributed by atoms with van der Waals surface area (Å²) in [6.07, 6.45) is 5.25. The van der Waals surface area contributed by atoms with Gasteiger partial charge in [0.05, 0.1) is 6.10 Å². The van der Waals surface area contributed by atoms with E-state index in [-0.39, 0.29) is 24.9 Å². The van der Waals surface area contributed by atoms with E-state index < -0.39 is 11.8 Å². The first kappa shape index (κ1) is 15.2. The molecule has 0 radical (unpaired) electrons. The summed E-state index contributed by atoms with van der Waals surface area (Å²) in [4.78, 5) is 14.2. The first-order valence-electron chi connectivity index (χ1n) is 8.32. The van der Waals surface area contributed by atoms with Gasteiger partial charge in [-0.25, -0.2) is 8.78 Å². The van der Waals surface area contributed by atoms with Gasteiger partial charge in [0.15, 0.2) is 0 Å². The van der Waals surface area contributed by atoms with Crippen LogP contribution in [0, 0.1) is 11.8 Å². The molecule has 1 saturated heterocycles. The molecular formula is C16H25F2NO2. The van der Waals surface area contributed by atoms with Crippen LogP contribution in [-0.2, 0) is 9.53 Å². The van der Waals surface area contributed by atoms with Gasteiger partial charge in [-0.3, -0.25) is 4.79 Å². The van der Waals surface area contributed by atoms with E-state index in [0.29, 0.717) is 31.8 Å². The van der Waals surface area contributed by atoms with Gasteiger partial charge in [-0.05, 0) is 44.4 Å². The van der Waals surface area contributed by atoms with Crippen molar-refractivity contribution in [2.24, 2.45) is 11.8 Å². The number of carbonyl (C=O) groups is 1. The summed E-state index contributed by atoms with van der Waals surface area (Å²) in [6.45, 7) is 2.09. The molecule has 120 valence electrons. The Morgan fingerprint density at radius 3 is 2.71 bits per heavy atom. The fourth-order valence-corrected chi connectivity index (χ4v) is 3.47. The number of nitrogens with zero attached hydrogens (tertiary/aromatic N) is 1. The summed E-state index contributed by atoms with van der Waals surface area (Å²) in [6, 6.07) is 0. The van der Waals surface area contributed by atoms with Crippen molar-refractivity contribution in [3.8, 4) is 0 Å². The van der Waals surface area contributed by atoms with Crippen molar-refractivity contribution in [2.75, 3.05) is 19.7 Å². The zero-order valence-electron chi connectivity index (χ0n) is 12.5. The molecule has 3 rings (SSSR count). The molecular weight excluding hydrogens is 276 g/mol. The van der Waals surface area contributed by atoms with Crippen LogP contribution in [0.5, 0.6) is 0 Å². The van der Waals surface area contributed by atoms with Crippen molar-refractivity contribution < 1.29 is 18.3 Å². The van der Waals surface area contributed by atoms with Crippen LogP contribution in [0.25, 0.3) is 0 Å². The van der Waals surface area contributed by atoms with E-state index in [1.54, 1.807) is 4.90 Å². The zero-order chi connectivity index (χ0) is 14.9. The molecule has 0 N–H and O–H groups in total. The van der Waals surface area contributed by atoms with Crippen LogP contribution < -0.4 is 0 Å². The van der Waals surface area contributed by atoms with Gasteiger partial charge in [-0.2, -0.15) is 0 Å². The predicted molar refractivity (Wildman–Crippen MR) is 75.2 cm³/mol. The van der Waals surface area contributed by atoms with Crippen LogP contribution in [0.4, 0.5) is 8.78 Å². The quantitative estimate of drug-likeness (QED) is 0.798. The van der Waals surface area contributed by atoms with E-state index in [0.717, 1.165) is 19.4 Å². The summed E-state index contributed by atoms with van der Waals surface area (Å²) in [7, 11) is 0. The normalized spacial score (nSPS) is 33.0. The third-order valence-electron chi connectivity index (χ3n) is 4.94. The highest BCUT2D eigenvalue weighted by Gasteiger charge is 2.41. The van der Waals surface area contributed by atoms with E-state index in [2.05, 4.69) is 0 Å². The third kappa shape index (κ3) is 4.15. The van der Waals surface area contributed by atoms with Crippen molar-refractivity contribution in [1.82, 2.24) is 4.90 Å². The Kier molecular flexibility index (Phi) is 4.48. The largest absolute Gasteiger partial charge is 0.376 e. The van der Waals surface area contributed by atoms with Crippen molar-refractivity contribution in [3.05, 3.63) is 0 Å². The molecule has 1 aliphatic heterocycles. The van der Waals surface area contributed by atoms with E-state index >= 15 is 0 Å². The Hall–Kier alpha value is -0.710. The Bertz CT molecular complexity index is 384. The summed E-state index contributed by atoms with van der Waals surface area (Å²) >= 11 is 0. The second-order valence-electron chi connectivity index (χ2n) is 6.97. The van der Waals surface area contributed by atoms with E-state index in [1.165, 1.54) is 12.8 Å². The van der Waals surface area contributed by atoms with E-state index in [1.807, 2.05) is 0 Å². The molecule has 2 saturated carbocycles. The lowest BCUT2D eigenvalue weighted by molar-refractivity contribution is -0.146. The average molecular weight is 301 g/mol. The number of halogens is 2. The minimum absolute atomic E-state index is 0.0656. The molecule has 3 nitrogen and oxygen atoms in total. The molecule has 0 bridgehead atoms. The molecule has 1 heterocycles. The van der Waals surface area contributed by atoms with Crippen LogP contribution in [0.15, 0.2) is 0 Å². The number of piperidine rings is 1. The standard InChI is InChI=1S/C16H25F2NO2/c17-16(18)7-1-3-13(9-16)15(20)19-8-2-4-14(10-19)21-11-12-5-6-12/h12-14H,1-11H2/t13-,14+/m1/s1. The van der Waals surface area contributed by atoms with Crippen LogP contribution in [0.3, 0.4) is 0 Å². The fraction of sp³-hybridized carbons (Fsp3) is 0.938. The number of hydrogen-bond acceptors (Lipinski definition) is 2. The minimum Gasteiger partial charge on any atom is -0.376 e. The van der Waals surface area contributed by atoms with Crippen LogP contribution in [-0.4, -0.2) is 42.5 Å². The molecule has 2 aliphatic carbocycles. The third-order valence-corrected chi connectivity index (χ3v) is 4.94. The monoisotopic (exact) mass is 301 g/mol. The van der Waals surface area contributed by atoms with E-state index in [9.17, 15) is 13.6 Å². The molecule has 0 aromatic carbocycles. The Morgan fingerprint density at radius 2 is 2.00 bits per heavy atom. The SMILES string of the molecule is O=C([C@@H]1CCCC(F)(F)C1)N1CCC[C@H](OCC2CC2)C1. The Morgan fingerprint density at radius 1 is 1.19 bits per heavy atom. The maximum atomic E-state index is 13.5. The first-order valence-corrected chi connectivity index (χ1v) is 8.32. The second kappa shape index (κ2) is 6.19. The Balaban J connectivity index is 1.51. The average Bonchev–Trinajstić information content (AvgIpc) is 3.28. The summed E-state index contributed by atoms with van der Waals surface area (Å²) in [5, 5.41) is 0. The molecule has 21 heavy (non-hydrogen) atoms. The molecule has 3 aliphatic rings. The molecule has 5 heteroatoms. The molecule has 2 atom stereocenters. The van der Waals surface area contributed by atoms with E-state index in [4.69, 9.17) is 4.74 Å². The number of hydrogen-bond donors (Lipinski definition) is 0. The maximum absolute atomic E-state index is 13.5. The van der Waals surface area contributed by atoms with Crippen molar-refractivity contribution in [3.63, 3.8) is 0 Å². The molecule has 0 aromatic heterocycles. The van der Waals surface area contributed by atoms with Gasteiger partial charge in [0, 0.05) is 38.5 Å². The highest BCUT2D eigenvalue weighted by molar-refractivity contribution is 5.79. The van der Waals surface area contributed by atoms with Gasteiger partial charge in [0.1, 0.15) is 0 Å². The lowest BCUT2D eigenvalue weighted by Gasteiger charge is -2.37. The molecule has 0 unspecified atom stereocenters. The fourth-order valence-electron chi connectivity index (χ4n) is 3.47. The van der Waals surface area contributed by atoms with Crippen LogP contribution in [0.1, 0.15) is 51.4 Å². The highest BCUT2D eigenvalue weighted by Crippen LogP contribution is 2.38. The summed E-state index contributed by atoms with van der Waals surface area (Å²) < 4.78 is 32.8. The van der Waals surface area contributed by atoms with Crippen molar-refractivity contribution in [1.29, 1.82) is 0 Å². The topological polar surface area (TPSA) is 29.5 Å². The minimum atomic E-state index is -2.66. The van der Waals surface area contributed by atoms with Crippen molar-refractivity contribution >= 4 is 5.91 Å². The number of alkyl halides is 2. The smallest absolute Gasteiger partial charge is 0.248 e. The van der Waals surface area contributed by atoms with Gasteiger partial charge >= 0.3 is 0 Å². The van der Waals surface area contributed by atoms with Gasteiger partial charge in [-0.15, -0.1) is 0 Å². The number of amides is 1. The van der Waals surface area contributed by atoms with Crippen LogP contribution >= 0.6 is 0 Å². The Labute approximate surface area is 125 Å². The lowest BCUT2D eigenvalue weighted by atomic mass is 9.85. The molecule has 1 amide bonds. The first-order chi connectivity index (χ1) is 10.0. The second-order valence-corrected chi connectivity index (χ2v) is 6.97. The predicted octanol–water partition coefficient (Wildman–Crippen LogP) is 3.23. The molecule has 3 fully saturated rings. The van der Waals surface area contributed by atoms with Gasteiger partial charge in [-0.1, -0.05) is 0 Å².